The zero-order chi connectivity index (χ0) is 11.1. The first-order chi connectivity index (χ1) is 7.04. The highest BCUT2D eigenvalue weighted by Crippen LogP contribution is 2.22. The quantitative estimate of drug-likeness (QED) is 0.876. The van der Waals surface area contributed by atoms with Gasteiger partial charge < -0.3 is 10.3 Å². The zero-order valence-electron chi connectivity index (χ0n) is 9.90. The molecule has 0 aliphatic heterocycles. The summed E-state index contributed by atoms with van der Waals surface area (Å²) in [5.74, 6) is 0.950. The van der Waals surface area contributed by atoms with E-state index in [2.05, 4.69) is 22.5 Å². The Hall–Kier alpha value is -1.06. The zero-order valence-corrected chi connectivity index (χ0v) is 10.7. The van der Waals surface area contributed by atoms with Crippen molar-refractivity contribution in [2.75, 3.05) is 0 Å². The number of rotatable bonds is 2. The molecule has 3 nitrogen and oxygen atoms in total. The van der Waals surface area contributed by atoms with Gasteiger partial charge in [0.2, 0.25) is 0 Å². The lowest BCUT2D eigenvalue weighted by molar-refractivity contribution is 0.485. The van der Waals surface area contributed by atoms with Gasteiger partial charge in [0.15, 0.2) is 0 Å². The number of aryl methyl sites for hydroxylation is 1. The smallest absolute Gasteiger partial charge is 0.129 e. The molecule has 2 rings (SSSR count). The monoisotopic (exact) mass is 239 g/mol. The highest BCUT2D eigenvalue weighted by atomic mass is 35.5. The second kappa shape index (κ2) is 4.44. The second-order valence-corrected chi connectivity index (χ2v) is 4.39. The minimum absolute atomic E-state index is 0. The van der Waals surface area contributed by atoms with E-state index in [9.17, 15) is 0 Å². The Kier molecular flexibility index (Phi) is 3.61. The predicted molar refractivity (Wildman–Crippen MR) is 69.9 cm³/mol. The number of hydrogen-bond donors (Lipinski definition) is 1. The van der Waals surface area contributed by atoms with Crippen LogP contribution in [0.2, 0.25) is 0 Å². The maximum Gasteiger partial charge on any atom is 0.129 e. The molecule has 0 spiro atoms. The summed E-state index contributed by atoms with van der Waals surface area (Å²) in [6.07, 6.45) is 0. The van der Waals surface area contributed by atoms with Gasteiger partial charge in [0, 0.05) is 6.54 Å². The van der Waals surface area contributed by atoms with Gasteiger partial charge in [-0.3, -0.25) is 0 Å². The van der Waals surface area contributed by atoms with Crippen molar-refractivity contribution >= 4 is 23.4 Å². The largest absolute Gasteiger partial charge is 0.327 e. The van der Waals surface area contributed by atoms with Crippen molar-refractivity contribution < 1.29 is 0 Å². The molecule has 1 heterocycles. The maximum absolute atomic E-state index is 6.11. The standard InChI is InChI=1S/C12H17N3.ClH/c1-4-15-10-8-6-5-7-9(10)14-11(15)12(2,3)13;/h5-8H,4,13H2,1-3H3;1H. The van der Waals surface area contributed by atoms with Gasteiger partial charge in [-0.25, -0.2) is 4.98 Å². The topological polar surface area (TPSA) is 43.8 Å². The molecular weight excluding hydrogens is 222 g/mol. The van der Waals surface area contributed by atoms with Crippen molar-refractivity contribution in [3.05, 3.63) is 30.1 Å². The average molecular weight is 240 g/mol. The Bertz CT molecular complexity index is 482. The van der Waals surface area contributed by atoms with E-state index >= 15 is 0 Å². The minimum Gasteiger partial charge on any atom is -0.327 e. The molecule has 0 aliphatic carbocycles. The van der Waals surface area contributed by atoms with Gasteiger partial charge in [0.1, 0.15) is 5.82 Å². The second-order valence-electron chi connectivity index (χ2n) is 4.39. The highest BCUT2D eigenvalue weighted by Gasteiger charge is 2.22. The molecule has 0 radical (unpaired) electrons. The van der Waals surface area contributed by atoms with Crippen LogP contribution in [0.4, 0.5) is 0 Å². The number of nitrogens with zero attached hydrogens (tertiary/aromatic N) is 2. The van der Waals surface area contributed by atoms with E-state index in [1.807, 2.05) is 32.0 Å². The summed E-state index contributed by atoms with van der Waals surface area (Å²) in [5.41, 5.74) is 7.90. The Morgan fingerprint density at radius 3 is 2.50 bits per heavy atom. The van der Waals surface area contributed by atoms with Crippen LogP contribution in [0.15, 0.2) is 24.3 Å². The lowest BCUT2D eigenvalue weighted by Crippen LogP contribution is -2.32. The third kappa shape index (κ3) is 2.06. The van der Waals surface area contributed by atoms with Crippen molar-refractivity contribution in [3.63, 3.8) is 0 Å². The van der Waals surface area contributed by atoms with Crippen molar-refractivity contribution in [1.82, 2.24) is 9.55 Å². The molecule has 0 unspecified atom stereocenters. The summed E-state index contributed by atoms with van der Waals surface area (Å²) >= 11 is 0. The Labute approximate surface area is 102 Å². The number of fused-ring (bicyclic) bond motifs is 1. The van der Waals surface area contributed by atoms with E-state index in [4.69, 9.17) is 5.73 Å². The van der Waals surface area contributed by atoms with Gasteiger partial charge in [-0.2, -0.15) is 0 Å². The Balaban J connectivity index is 0.00000128. The summed E-state index contributed by atoms with van der Waals surface area (Å²) in [7, 11) is 0. The van der Waals surface area contributed by atoms with Crippen LogP contribution in [0, 0.1) is 0 Å². The number of imidazole rings is 1. The molecule has 16 heavy (non-hydrogen) atoms. The first kappa shape index (κ1) is 13.0. The minimum atomic E-state index is -0.394. The van der Waals surface area contributed by atoms with Crippen LogP contribution in [-0.4, -0.2) is 9.55 Å². The molecule has 2 N–H and O–H groups in total. The van der Waals surface area contributed by atoms with Crippen molar-refractivity contribution in [2.24, 2.45) is 5.73 Å². The van der Waals surface area contributed by atoms with E-state index in [0.29, 0.717) is 0 Å². The number of aromatic nitrogens is 2. The average Bonchev–Trinajstić information content (AvgIpc) is 2.55. The molecule has 0 aliphatic rings. The molecule has 0 bridgehead atoms. The van der Waals surface area contributed by atoms with E-state index in [0.717, 1.165) is 23.4 Å². The van der Waals surface area contributed by atoms with E-state index in [-0.39, 0.29) is 12.4 Å². The number of halogens is 1. The lowest BCUT2D eigenvalue weighted by atomic mass is 10.1. The summed E-state index contributed by atoms with van der Waals surface area (Å²) in [6.45, 7) is 6.99. The fraction of sp³-hybridized carbons (Fsp3) is 0.417. The van der Waals surface area contributed by atoms with Crippen molar-refractivity contribution in [1.29, 1.82) is 0 Å². The van der Waals surface area contributed by atoms with Crippen LogP contribution in [0.1, 0.15) is 26.6 Å². The number of para-hydroxylation sites is 2. The molecule has 1 aromatic heterocycles. The van der Waals surface area contributed by atoms with Crippen LogP contribution >= 0.6 is 12.4 Å². The third-order valence-electron chi connectivity index (χ3n) is 2.55. The molecule has 2 aromatic rings. The lowest BCUT2D eigenvalue weighted by Gasteiger charge is -2.19. The number of nitrogens with two attached hydrogens (primary N) is 1. The summed E-state index contributed by atoms with van der Waals surface area (Å²) < 4.78 is 2.18. The first-order valence-electron chi connectivity index (χ1n) is 5.28. The molecule has 0 saturated heterocycles. The summed E-state index contributed by atoms with van der Waals surface area (Å²) in [6, 6.07) is 8.14. The van der Waals surface area contributed by atoms with Crippen LogP contribution in [0.3, 0.4) is 0 Å². The number of hydrogen-bond acceptors (Lipinski definition) is 2. The molecule has 0 amide bonds. The first-order valence-corrected chi connectivity index (χ1v) is 5.28. The normalized spacial score (nSPS) is 11.5. The highest BCUT2D eigenvalue weighted by molar-refractivity contribution is 5.85. The third-order valence-corrected chi connectivity index (χ3v) is 2.55. The molecule has 0 fully saturated rings. The van der Waals surface area contributed by atoms with Gasteiger partial charge >= 0.3 is 0 Å². The predicted octanol–water partition coefficient (Wildman–Crippen LogP) is 2.67. The molecular formula is C12H18ClN3. The molecule has 1 aromatic carbocycles. The molecule has 0 saturated carbocycles. The Morgan fingerprint density at radius 1 is 1.31 bits per heavy atom. The fourth-order valence-electron chi connectivity index (χ4n) is 1.89. The van der Waals surface area contributed by atoms with Crippen LogP contribution < -0.4 is 5.73 Å². The van der Waals surface area contributed by atoms with E-state index < -0.39 is 5.54 Å². The SMILES string of the molecule is CCn1c(C(C)(C)N)nc2ccccc21.Cl. The van der Waals surface area contributed by atoms with Crippen molar-refractivity contribution in [2.45, 2.75) is 32.9 Å². The van der Waals surface area contributed by atoms with Crippen molar-refractivity contribution in [3.8, 4) is 0 Å². The van der Waals surface area contributed by atoms with E-state index in [1.165, 1.54) is 0 Å². The van der Waals surface area contributed by atoms with Crippen LogP contribution in [0.25, 0.3) is 11.0 Å². The molecule has 4 heteroatoms. The fourth-order valence-corrected chi connectivity index (χ4v) is 1.89. The summed E-state index contributed by atoms with van der Waals surface area (Å²) in [4.78, 5) is 4.59. The van der Waals surface area contributed by atoms with Gasteiger partial charge in [-0.05, 0) is 32.9 Å². The van der Waals surface area contributed by atoms with Gasteiger partial charge in [-0.15, -0.1) is 12.4 Å². The number of benzene rings is 1. The van der Waals surface area contributed by atoms with Crippen LogP contribution in [-0.2, 0) is 12.1 Å². The van der Waals surface area contributed by atoms with Gasteiger partial charge in [0.05, 0.1) is 16.6 Å². The van der Waals surface area contributed by atoms with E-state index in [1.54, 1.807) is 0 Å². The van der Waals surface area contributed by atoms with Gasteiger partial charge in [-0.1, -0.05) is 12.1 Å². The van der Waals surface area contributed by atoms with Gasteiger partial charge in [0.25, 0.3) is 0 Å². The molecule has 0 atom stereocenters. The molecule has 88 valence electrons. The van der Waals surface area contributed by atoms with Crippen LogP contribution in [0.5, 0.6) is 0 Å². The Morgan fingerprint density at radius 2 is 1.94 bits per heavy atom. The summed E-state index contributed by atoms with van der Waals surface area (Å²) in [5, 5.41) is 0. The maximum atomic E-state index is 6.11.